The zero-order valence-electron chi connectivity index (χ0n) is 14.7. The van der Waals surface area contributed by atoms with Gasteiger partial charge in [0.2, 0.25) is 0 Å². The fourth-order valence-corrected chi connectivity index (χ4v) is 4.81. The van der Waals surface area contributed by atoms with E-state index in [-0.39, 0.29) is 17.1 Å². The number of methoxy groups -OCH3 is 1. The highest BCUT2D eigenvalue weighted by atomic mass is 32.2. The number of thioether (sulfide) groups is 1. The molecule has 0 amide bonds. The number of fused-ring (bicyclic) bond motifs is 1. The van der Waals surface area contributed by atoms with E-state index in [1.54, 1.807) is 0 Å². The molecule has 0 radical (unpaired) electrons. The number of nitriles is 1. The van der Waals surface area contributed by atoms with Gasteiger partial charge in [-0.05, 0) is 41.2 Å². The summed E-state index contributed by atoms with van der Waals surface area (Å²) in [6.45, 7) is 4.03. The van der Waals surface area contributed by atoms with Crippen LogP contribution >= 0.6 is 23.3 Å². The lowest BCUT2D eigenvalue weighted by Crippen LogP contribution is -2.24. The van der Waals surface area contributed by atoms with E-state index in [0.29, 0.717) is 5.56 Å². The lowest BCUT2D eigenvalue weighted by molar-refractivity contribution is -0.140. The van der Waals surface area contributed by atoms with Gasteiger partial charge in [-0.1, -0.05) is 32.0 Å². The second-order valence-corrected chi connectivity index (χ2v) is 8.16. The Hall–Kier alpha value is -2.36. The zero-order chi connectivity index (χ0) is 18.7. The highest BCUT2D eigenvalue weighted by Crippen LogP contribution is 2.42. The molecule has 1 atom stereocenters. The Kier molecular flexibility index (Phi) is 5.60. The number of nitrogens with zero attached hydrogens (tertiary/aromatic N) is 2. The Labute approximate surface area is 161 Å². The first-order chi connectivity index (χ1) is 12.5. The van der Waals surface area contributed by atoms with Crippen molar-refractivity contribution in [2.45, 2.75) is 24.0 Å². The number of rotatable bonds is 5. The van der Waals surface area contributed by atoms with Crippen molar-refractivity contribution in [3.63, 3.8) is 0 Å². The van der Waals surface area contributed by atoms with Crippen LogP contribution in [0, 0.1) is 17.2 Å². The molecule has 0 saturated heterocycles. The van der Waals surface area contributed by atoms with E-state index in [0.717, 1.165) is 26.1 Å². The largest absolute Gasteiger partial charge is 0.468 e. The molecule has 6 heteroatoms. The molecule has 26 heavy (non-hydrogen) atoms. The standard InChI is InChI=1S/C20H18N2O2S2/c1-12(2)18(20(23)24-3)25-16-9-8-15-11-22-26-19(15)17(16)14-6-4-13(10-21)5-7-14/h4-9,11-12,18H,1-3H3. The Morgan fingerprint density at radius 3 is 2.58 bits per heavy atom. The van der Waals surface area contributed by atoms with Crippen LogP contribution in [-0.2, 0) is 9.53 Å². The molecule has 2 aromatic carbocycles. The number of esters is 1. The maximum absolute atomic E-state index is 12.2. The van der Waals surface area contributed by atoms with E-state index in [2.05, 4.69) is 10.4 Å². The van der Waals surface area contributed by atoms with E-state index in [1.807, 2.05) is 56.4 Å². The molecule has 0 aliphatic rings. The second kappa shape index (κ2) is 7.90. The molecule has 0 saturated carbocycles. The van der Waals surface area contributed by atoms with Gasteiger partial charge in [-0.3, -0.25) is 4.79 Å². The number of aromatic nitrogens is 1. The lowest BCUT2D eigenvalue weighted by Gasteiger charge is -2.20. The minimum Gasteiger partial charge on any atom is -0.468 e. The van der Waals surface area contributed by atoms with Gasteiger partial charge in [0.05, 0.1) is 23.4 Å². The molecule has 0 aliphatic carbocycles. The van der Waals surface area contributed by atoms with Crippen molar-refractivity contribution in [3.05, 3.63) is 48.2 Å². The third kappa shape index (κ3) is 3.59. The van der Waals surface area contributed by atoms with Crippen LogP contribution < -0.4 is 0 Å². The molecule has 1 heterocycles. The van der Waals surface area contributed by atoms with Gasteiger partial charge < -0.3 is 4.74 Å². The van der Waals surface area contributed by atoms with Crippen LogP contribution in [0.3, 0.4) is 0 Å². The number of carbonyl (C=O) groups excluding carboxylic acids is 1. The maximum Gasteiger partial charge on any atom is 0.319 e. The van der Waals surface area contributed by atoms with Crippen molar-refractivity contribution in [1.82, 2.24) is 4.37 Å². The predicted molar refractivity (Wildman–Crippen MR) is 106 cm³/mol. The minimum atomic E-state index is -0.289. The van der Waals surface area contributed by atoms with Gasteiger partial charge in [0.1, 0.15) is 5.25 Å². The average Bonchev–Trinajstić information content (AvgIpc) is 3.13. The van der Waals surface area contributed by atoms with Crippen LogP contribution in [0.5, 0.6) is 0 Å². The Morgan fingerprint density at radius 2 is 1.96 bits per heavy atom. The summed E-state index contributed by atoms with van der Waals surface area (Å²) >= 11 is 2.96. The predicted octanol–water partition coefficient (Wildman–Crippen LogP) is 5.12. The molecule has 0 N–H and O–H groups in total. The number of carbonyl (C=O) groups is 1. The van der Waals surface area contributed by atoms with Gasteiger partial charge >= 0.3 is 5.97 Å². The maximum atomic E-state index is 12.2. The normalized spacial score (nSPS) is 12.1. The number of hydrogen-bond acceptors (Lipinski definition) is 6. The molecule has 0 bridgehead atoms. The average molecular weight is 383 g/mol. The topological polar surface area (TPSA) is 63.0 Å². The second-order valence-electron chi connectivity index (χ2n) is 6.18. The van der Waals surface area contributed by atoms with Crippen molar-refractivity contribution < 1.29 is 9.53 Å². The molecular weight excluding hydrogens is 364 g/mol. The first kappa shape index (κ1) is 18.4. The van der Waals surface area contributed by atoms with Crippen LogP contribution in [0.1, 0.15) is 19.4 Å². The lowest BCUT2D eigenvalue weighted by atomic mass is 10.0. The summed E-state index contributed by atoms with van der Waals surface area (Å²) in [6.07, 6.45) is 1.85. The molecule has 3 rings (SSSR count). The smallest absolute Gasteiger partial charge is 0.319 e. The van der Waals surface area contributed by atoms with Crippen molar-refractivity contribution in [2.75, 3.05) is 7.11 Å². The zero-order valence-corrected chi connectivity index (χ0v) is 16.4. The summed E-state index contributed by atoms with van der Waals surface area (Å²) in [7, 11) is 1.42. The molecule has 0 aliphatic heterocycles. The Bertz CT molecular complexity index is 972. The molecule has 132 valence electrons. The Morgan fingerprint density at radius 1 is 1.23 bits per heavy atom. The van der Waals surface area contributed by atoms with Crippen molar-refractivity contribution in [3.8, 4) is 17.2 Å². The summed E-state index contributed by atoms with van der Waals surface area (Å²) < 4.78 is 10.4. The van der Waals surface area contributed by atoms with E-state index in [9.17, 15) is 4.79 Å². The fourth-order valence-electron chi connectivity index (χ4n) is 2.71. The SMILES string of the molecule is COC(=O)C(Sc1ccc2cnsc2c1-c1ccc(C#N)cc1)C(C)C. The highest BCUT2D eigenvalue weighted by Gasteiger charge is 2.26. The van der Waals surface area contributed by atoms with Gasteiger partial charge in [0.15, 0.2) is 0 Å². The van der Waals surface area contributed by atoms with E-state index in [1.165, 1.54) is 30.4 Å². The third-order valence-electron chi connectivity index (χ3n) is 4.08. The van der Waals surface area contributed by atoms with Crippen LogP contribution in [0.25, 0.3) is 21.2 Å². The summed E-state index contributed by atoms with van der Waals surface area (Å²) in [5.74, 6) is -0.0846. The van der Waals surface area contributed by atoms with Crippen molar-refractivity contribution >= 4 is 39.3 Å². The summed E-state index contributed by atoms with van der Waals surface area (Å²) in [5.41, 5.74) is 2.68. The molecule has 4 nitrogen and oxygen atoms in total. The molecule has 3 aromatic rings. The van der Waals surface area contributed by atoms with Crippen molar-refractivity contribution in [1.29, 1.82) is 5.26 Å². The summed E-state index contributed by atoms with van der Waals surface area (Å²) in [5, 5.41) is 9.83. The van der Waals surface area contributed by atoms with Gasteiger partial charge in [0, 0.05) is 22.0 Å². The van der Waals surface area contributed by atoms with Crippen LogP contribution in [0.4, 0.5) is 0 Å². The molecule has 0 spiro atoms. The molecular formula is C20H18N2O2S2. The Balaban J connectivity index is 2.13. The molecule has 1 aromatic heterocycles. The highest BCUT2D eigenvalue weighted by molar-refractivity contribution is 8.00. The van der Waals surface area contributed by atoms with Gasteiger partial charge in [-0.15, -0.1) is 11.8 Å². The quantitative estimate of drug-likeness (QED) is 0.452. The number of benzene rings is 2. The van der Waals surface area contributed by atoms with Crippen molar-refractivity contribution in [2.24, 2.45) is 5.92 Å². The van der Waals surface area contributed by atoms with Gasteiger partial charge in [-0.2, -0.15) is 9.64 Å². The number of ether oxygens (including phenoxy) is 1. The van der Waals surface area contributed by atoms with E-state index in [4.69, 9.17) is 10.00 Å². The summed E-state index contributed by atoms with van der Waals surface area (Å²) in [4.78, 5) is 13.2. The third-order valence-corrected chi connectivity index (χ3v) is 6.50. The van der Waals surface area contributed by atoms with Crippen LogP contribution in [-0.4, -0.2) is 22.7 Å². The van der Waals surface area contributed by atoms with Crippen LogP contribution in [0.2, 0.25) is 0 Å². The van der Waals surface area contributed by atoms with E-state index >= 15 is 0 Å². The van der Waals surface area contributed by atoms with Gasteiger partial charge in [-0.25, -0.2) is 0 Å². The first-order valence-corrected chi connectivity index (χ1v) is 9.83. The molecule has 0 fully saturated rings. The van der Waals surface area contributed by atoms with Gasteiger partial charge in [0.25, 0.3) is 0 Å². The number of hydrogen-bond donors (Lipinski definition) is 0. The van der Waals surface area contributed by atoms with Crippen LogP contribution in [0.15, 0.2) is 47.5 Å². The van der Waals surface area contributed by atoms with E-state index < -0.39 is 0 Å². The fraction of sp³-hybridized carbons (Fsp3) is 0.250. The monoisotopic (exact) mass is 382 g/mol. The minimum absolute atomic E-state index is 0.137. The first-order valence-electron chi connectivity index (χ1n) is 8.17. The molecule has 1 unspecified atom stereocenters. The summed E-state index contributed by atoms with van der Waals surface area (Å²) in [6, 6.07) is 13.7.